The fraction of sp³-hybridized carbons (Fsp3) is 0.692. The third-order valence-electron chi connectivity index (χ3n) is 2.08. The van der Waals surface area contributed by atoms with Gasteiger partial charge in [-0.2, -0.15) is 0 Å². The van der Waals surface area contributed by atoms with E-state index in [-0.39, 0.29) is 25.7 Å². The highest BCUT2D eigenvalue weighted by molar-refractivity contribution is 5.88. The van der Waals surface area contributed by atoms with Gasteiger partial charge >= 0.3 is 17.9 Å². The van der Waals surface area contributed by atoms with Gasteiger partial charge in [0.2, 0.25) is 0 Å². The largest absolute Gasteiger partial charge is 0.483 e. The van der Waals surface area contributed by atoms with E-state index in [0.717, 1.165) is 26.5 Å². The molecule has 9 N–H and O–H groups in total. The predicted molar refractivity (Wildman–Crippen MR) is 85.6 cm³/mol. The number of rotatable bonds is 5. The number of nitrogens with one attached hydrogen (secondary N) is 1. The third-order valence-corrected chi connectivity index (χ3v) is 2.08. The van der Waals surface area contributed by atoms with Crippen molar-refractivity contribution >= 4 is 24.4 Å². The van der Waals surface area contributed by atoms with Crippen molar-refractivity contribution in [2.24, 2.45) is 0 Å². The quantitative estimate of drug-likeness (QED) is 0.168. The van der Waals surface area contributed by atoms with Crippen LogP contribution in [-0.2, 0) is 19.2 Å². The molecule has 1 aliphatic rings. The predicted octanol–water partition coefficient (Wildman–Crippen LogP) is -2.99. The summed E-state index contributed by atoms with van der Waals surface area (Å²) in [4.78, 5) is 37.4. The molecule has 1 atom stereocenters. The van der Waals surface area contributed by atoms with Crippen LogP contribution in [0.2, 0.25) is 0 Å². The highest BCUT2D eigenvalue weighted by Crippen LogP contribution is 2.03. The standard InChI is InChI=1S/C5H9NO2.C3H4O4.C3H8O3.CH2O2.CH4O/c7-5(8)4-2-1-3-6-4;4-2(5)1-3(6)7;4-1-3(6)2-5;2-1-3;1-2/h4,6H,1-3H2,(H,7,8);1H2,(H,4,5)(H,6,7);3-6H,1-2H2;1H,(H,2,3);2H,1H3. The van der Waals surface area contributed by atoms with E-state index < -0.39 is 30.4 Å². The molecule has 0 saturated carbocycles. The monoisotopic (exact) mass is 389 g/mol. The van der Waals surface area contributed by atoms with E-state index in [4.69, 9.17) is 45.6 Å². The molecule has 1 saturated heterocycles. The van der Waals surface area contributed by atoms with Crippen molar-refractivity contribution in [3.8, 4) is 0 Å². The summed E-state index contributed by atoms with van der Waals surface area (Å²) in [5.41, 5.74) is 0. The molecule has 1 aliphatic heterocycles. The lowest BCUT2D eigenvalue weighted by Gasteiger charge is -1.99. The molecular formula is C13H27NO12. The van der Waals surface area contributed by atoms with Crippen LogP contribution >= 0.6 is 0 Å². The maximum Gasteiger partial charge on any atom is 0.320 e. The van der Waals surface area contributed by atoms with Gasteiger partial charge in [-0.15, -0.1) is 0 Å². The van der Waals surface area contributed by atoms with Gasteiger partial charge in [0.1, 0.15) is 18.6 Å². The van der Waals surface area contributed by atoms with Gasteiger partial charge in [0.05, 0.1) is 13.2 Å². The minimum absolute atomic E-state index is 0.250. The van der Waals surface area contributed by atoms with Crippen molar-refractivity contribution in [2.75, 3.05) is 26.9 Å². The summed E-state index contributed by atoms with van der Waals surface area (Å²) in [5, 5.41) is 64.5. The fourth-order valence-corrected chi connectivity index (χ4v) is 1.08. The van der Waals surface area contributed by atoms with Crippen molar-refractivity contribution < 1.29 is 60.0 Å². The SMILES string of the molecule is CO.O=C(O)C1CCCN1.O=C(O)CC(=O)O.O=CO.OCC(O)CO. The molecule has 1 rings (SSSR count). The van der Waals surface area contributed by atoms with Gasteiger partial charge in [-0.05, 0) is 19.4 Å². The summed E-state index contributed by atoms with van der Waals surface area (Å²) < 4.78 is 0. The van der Waals surface area contributed by atoms with Crippen LogP contribution in [0, 0.1) is 0 Å². The zero-order valence-electron chi connectivity index (χ0n) is 14.2. The molecule has 156 valence electrons. The van der Waals surface area contributed by atoms with Gasteiger partial charge < -0.3 is 46.2 Å². The van der Waals surface area contributed by atoms with E-state index in [1.807, 2.05) is 0 Å². The molecule has 0 aromatic carbocycles. The molecule has 0 aliphatic carbocycles. The third kappa shape index (κ3) is 33.3. The molecule has 26 heavy (non-hydrogen) atoms. The van der Waals surface area contributed by atoms with E-state index in [2.05, 4.69) is 5.32 Å². The first-order valence-electron chi connectivity index (χ1n) is 6.98. The Kier molecular flexibility index (Phi) is 30.2. The zero-order valence-corrected chi connectivity index (χ0v) is 14.2. The van der Waals surface area contributed by atoms with E-state index in [9.17, 15) is 14.4 Å². The first kappa shape index (κ1) is 31.4. The maximum atomic E-state index is 10.1. The molecule has 0 spiro atoms. The second-order valence-electron chi connectivity index (χ2n) is 4.08. The highest BCUT2D eigenvalue weighted by Gasteiger charge is 2.20. The molecule has 1 fully saturated rings. The number of aliphatic carboxylic acids is 3. The van der Waals surface area contributed by atoms with Crippen LogP contribution in [0.5, 0.6) is 0 Å². The Hall–Kier alpha value is -2.32. The Morgan fingerprint density at radius 1 is 1.08 bits per heavy atom. The van der Waals surface area contributed by atoms with Crippen LogP contribution in [0.1, 0.15) is 19.3 Å². The lowest BCUT2D eigenvalue weighted by molar-refractivity contribution is -0.147. The maximum absolute atomic E-state index is 10.1. The topological polar surface area (TPSA) is 242 Å². The summed E-state index contributed by atoms with van der Waals surface area (Å²) in [6.07, 6.45) is 0.0248. The summed E-state index contributed by atoms with van der Waals surface area (Å²) in [7, 11) is 1.00. The van der Waals surface area contributed by atoms with Crippen molar-refractivity contribution in [1.82, 2.24) is 5.32 Å². The van der Waals surface area contributed by atoms with Gasteiger partial charge in [0.15, 0.2) is 0 Å². The number of carboxylic acid groups (broad SMARTS) is 4. The smallest absolute Gasteiger partial charge is 0.320 e. The molecule has 0 bridgehead atoms. The Labute approximate surface area is 149 Å². The molecule has 13 nitrogen and oxygen atoms in total. The summed E-state index contributed by atoms with van der Waals surface area (Å²) >= 11 is 0. The number of hydrogen-bond acceptors (Lipinski definition) is 9. The number of aliphatic hydroxyl groups is 4. The first-order chi connectivity index (χ1) is 12.2. The molecule has 13 heteroatoms. The van der Waals surface area contributed by atoms with Crippen LogP contribution < -0.4 is 5.32 Å². The first-order valence-corrected chi connectivity index (χ1v) is 6.98. The summed E-state index contributed by atoms with van der Waals surface area (Å²) in [6.45, 7) is -0.121. The minimum Gasteiger partial charge on any atom is -0.483 e. The van der Waals surface area contributed by atoms with Crippen LogP contribution in [-0.4, -0.2) is 104 Å². The van der Waals surface area contributed by atoms with E-state index in [0.29, 0.717) is 0 Å². The highest BCUT2D eigenvalue weighted by atomic mass is 16.4. The summed E-state index contributed by atoms with van der Waals surface area (Å²) in [6, 6.07) is -0.269. The fourth-order valence-electron chi connectivity index (χ4n) is 1.08. The second kappa shape index (κ2) is 24.9. The van der Waals surface area contributed by atoms with Crippen molar-refractivity contribution in [3.05, 3.63) is 0 Å². The van der Waals surface area contributed by atoms with E-state index >= 15 is 0 Å². The Morgan fingerprint density at radius 2 is 1.46 bits per heavy atom. The van der Waals surface area contributed by atoms with Gasteiger partial charge in [-0.3, -0.25) is 19.2 Å². The van der Waals surface area contributed by atoms with Gasteiger partial charge in [0, 0.05) is 7.11 Å². The molecule has 0 aromatic heterocycles. The van der Waals surface area contributed by atoms with Gasteiger partial charge in [-0.25, -0.2) is 0 Å². The average molecular weight is 389 g/mol. The van der Waals surface area contributed by atoms with Crippen molar-refractivity contribution in [2.45, 2.75) is 31.4 Å². The Balaban J connectivity index is -0.000000125. The molecule has 0 radical (unpaired) electrons. The Morgan fingerprint density at radius 3 is 1.54 bits per heavy atom. The second-order valence-corrected chi connectivity index (χ2v) is 4.08. The molecular weight excluding hydrogens is 362 g/mol. The molecule has 0 amide bonds. The number of carboxylic acids is 3. The Bertz CT molecular complexity index is 341. The molecule has 1 heterocycles. The molecule has 1 unspecified atom stereocenters. The van der Waals surface area contributed by atoms with Crippen LogP contribution in [0.15, 0.2) is 0 Å². The minimum atomic E-state index is -1.31. The van der Waals surface area contributed by atoms with E-state index in [1.165, 1.54) is 0 Å². The van der Waals surface area contributed by atoms with Crippen LogP contribution in [0.3, 0.4) is 0 Å². The van der Waals surface area contributed by atoms with Gasteiger partial charge in [-0.1, -0.05) is 0 Å². The summed E-state index contributed by atoms with van der Waals surface area (Å²) in [5.74, 6) is -3.34. The number of carbonyl (C=O) groups is 4. The zero-order chi connectivity index (χ0) is 21.5. The van der Waals surface area contributed by atoms with Gasteiger partial charge in [0.25, 0.3) is 6.47 Å². The number of aliphatic hydroxyl groups excluding tert-OH is 4. The molecule has 0 aromatic rings. The average Bonchev–Trinajstić information content (AvgIpc) is 3.11. The lowest BCUT2D eigenvalue weighted by Crippen LogP contribution is -2.29. The van der Waals surface area contributed by atoms with Crippen LogP contribution in [0.4, 0.5) is 0 Å². The number of hydrogen-bond donors (Lipinski definition) is 9. The van der Waals surface area contributed by atoms with Crippen molar-refractivity contribution in [3.63, 3.8) is 0 Å². The van der Waals surface area contributed by atoms with Crippen molar-refractivity contribution in [1.29, 1.82) is 0 Å². The van der Waals surface area contributed by atoms with E-state index in [1.54, 1.807) is 0 Å². The normalized spacial score (nSPS) is 13.8. The lowest BCUT2D eigenvalue weighted by atomic mass is 10.2. The van der Waals surface area contributed by atoms with Crippen LogP contribution in [0.25, 0.3) is 0 Å².